The molecular formula is C7H12ClNO. The zero-order chi connectivity index (χ0) is 7.56. The minimum atomic E-state index is 0.00182. The Bertz CT molecular complexity index is 127. The molecule has 10 heavy (non-hydrogen) atoms. The summed E-state index contributed by atoms with van der Waals surface area (Å²) < 4.78 is 0. The predicted octanol–water partition coefficient (Wildman–Crippen LogP) is 1.09. The van der Waals surface area contributed by atoms with Crippen LogP contribution in [0.1, 0.15) is 13.3 Å². The summed E-state index contributed by atoms with van der Waals surface area (Å²) in [6.07, 6.45) is 1.15. The number of nitrogens with zero attached hydrogens (tertiary/aromatic N) is 1. The summed E-state index contributed by atoms with van der Waals surface area (Å²) in [5.41, 5.74) is 0. The summed E-state index contributed by atoms with van der Waals surface area (Å²) >= 11 is 5.52. The van der Waals surface area contributed by atoms with Gasteiger partial charge in [0.25, 0.3) is 0 Å². The molecule has 0 saturated carbocycles. The third-order valence-corrected chi connectivity index (χ3v) is 2.28. The molecule has 1 aliphatic rings. The van der Waals surface area contributed by atoms with E-state index in [0.717, 1.165) is 19.5 Å². The minimum absolute atomic E-state index is 0.00182. The van der Waals surface area contributed by atoms with Crippen molar-refractivity contribution in [3.8, 4) is 0 Å². The second-order valence-electron chi connectivity index (χ2n) is 2.73. The van der Waals surface area contributed by atoms with E-state index in [4.69, 9.17) is 11.6 Å². The highest BCUT2D eigenvalue weighted by Gasteiger charge is 2.23. The Hall–Kier alpha value is -0.240. The first-order chi connectivity index (χ1) is 4.75. The highest BCUT2D eigenvalue weighted by Crippen LogP contribution is 2.11. The number of carbonyl (C=O) groups is 1. The van der Waals surface area contributed by atoms with Gasteiger partial charge in [-0.2, -0.15) is 0 Å². The summed E-state index contributed by atoms with van der Waals surface area (Å²) in [7, 11) is 0. The van der Waals surface area contributed by atoms with Crippen molar-refractivity contribution in [2.75, 3.05) is 19.0 Å². The highest BCUT2D eigenvalue weighted by molar-refractivity contribution is 6.19. The number of hydrogen-bond donors (Lipinski definition) is 0. The average Bonchev–Trinajstić information content (AvgIpc) is 1.82. The molecule has 58 valence electrons. The lowest BCUT2D eigenvalue weighted by Gasteiger charge is -2.32. The van der Waals surface area contributed by atoms with E-state index >= 15 is 0 Å². The zero-order valence-electron chi connectivity index (χ0n) is 6.14. The van der Waals surface area contributed by atoms with E-state index in [0.29, 0.717) is 5.88 Å². The normalized spacial score (nSPS) is 20.0. The van der Waals surface area contributed by atoms with Gasteiger partial charge in [-0.05, 0) is 6.42 Å². The van der Waals surface area contributed by atoms with E-state index in [9.17, 15) is 4.79 Å². The van der Waals surface area contributed by atoms with Crippen LogP contribution >= 0.6 is 11.6 Å². The van der Waals surface area contributed by atoms with Crippen LogP contribution in [-0.4, -0.2) is 29.8 Å². The Morgan fingerprint density at radius 3 is 2.60 bits per heavy atom. The van der Waals surface area contributed by atoms with Crippen LogP contribution in [0.3, 0.4) is 0 Å². The van der Waals surface area contributed by atoms with Crippen molar-refractivity contribution in [3.05, 3.63) is 0 Å². The first kappa shape index (κ1) is 7.86. The van der Waals surface area contributed by atoms with Crippen LogP contribution in [0.4, 0.5) is 0 Å². The van der Waals surface area contributed by atoms with Gasteiger partial charge >= 0.3 is 0 Å². The summed E-state index contributed by atoms with van der Waals surface area (Å²) in [6.45, 7) is 3.73. The number of amides is 1. The van der Waals surface area contributed by atoms with Crippen molar-refractivity contribution in [2.45, 2.75) is 13.3 Å². The van der Waals surface area contributed by atoms with Crippen molar-refractivity contribution in [1.82, 2.24) is 4.90 Å². The SMILES string of the molecule is CC(CCl)C(=O)N1CCC1. The molecule has 0 aromatic rings. The lowest BCUT2D eigenvalue weighted by atomic mass is 10.1. The molecule has 0 N–H and O–H groups in total. The van der Waals surface area contributed by atoms with Crippen LogP contribution in [0.15, 0.2) is 0 Å². The molecule has 1 unspecified atom stereocenters. The smallest absolute Gasteiger partial charge is 0.226 e. The first-order valence-electron chi connectivity index (χ1n) is 3.60. The molecule has 2 nitrogen and oxygen atoms in total. The summed E-state index contributed by atoms with van der Waals surface area (Å²) in [4.78, 5) is 13.1. The van der Waals surface area contributed by atoms with Crippen LogP contribution < -0.4 is 0 Å². The van der Waals surface area contributed by atoms with Crippen LogP contribution in [0, 0.1) is 5.92 Å². The Kier molecular flexibility index (Phi) is 2.55. The number of likely N-dealkylation sites (tertiary alicyclic amines) is 1. The topological polar surface area (TPSA) is 20.3 Å². The van der Waals surface area contributed by atoms with E-state index in [1.54, 1.807) is 0 Å². The molecule has 0 spiro atoms. The summed E-state index contributed by atoms with van der Waals surface area (Å²) in [5, 5.41) is 0. The van der Waals surface area contributed by atoms with Crippen molar-refractivity contribution < 1.29 is 4.79 Å². The number of alkyl halides is 1. The fourth-order valence-corrected chi connectivity index (χ4v) is 1.05. The van der Waals surface area contributed by atoms with E-state index in [1.165, 1.54) is 0 Å². The van der Waals surface area contributed by atoms with E-state index in [2.05, 4.69) is 0 Å². The van der Waals surface area contributed by atoms with Crippen LogP contribution in [0.25, 0.3) is 0 Å². The van der Waals surface area contributed by atoms with Crippen molar-refractivity contribution >= 4 is 17.5 Å². The summed E-state index contributed by atoms with van der Waals surface area (Å²) in [6, 6.07) is 0. The van der Waals surface area contributed by atoms with Crippen LogP contribution in [-0.2, 0) is 4.79 Å². The minimum Gasteiger partial charge on any atom is -0.342 e. The molecule has 1 aliphatic heterocycles. The second-order valence-corrected chi connectivity index (χ2v) is 3.04. The fourth-order valence-electron chi connectivity index (χ4n) is 0.914. The first-order valence-corrected chi connectivity index (χ1v) is 4.14. The quantitative estimate of drug-likeness (QED) is 0.556. The number of halogens is 1. The van der Waals surface area contributed by atoms with Gasteiger partial charge in [0.05, 0.1) is 0 Å². The molecule has 1 amide bonds. The third-order valence-electron chi connectivity index (χ3n) is 1.82. The van der Waals surface area contributed by atoms with Crippen LogP contribution in [0.2, 0.25) is 0 Å². The highest BCUT2D eigenvalue weighted by atomic mass is 35.5. The van der Waals surface area contributed by atoms with Crippen molar-refractivity contribution in [1.29, 1.82) is 0 Å². The van der Waals surface area contributed by atoms with Gasteiger partial charge in [-0.15, -0.1) is 11.6 Å². The maximum atomic E-state index is 11.2. The number of hydrogen-bond acceptors (Lipinski definition) is 1. The Balaban J connectivity index is 2.32. The Morgan fingerprint density at radius 2 is 2.30 bits per heavy atom. The fraction of sp³-hybridized carbons (Fsp3) is 0.857. The Morgan fingerprint density at radius 1 is 1.70 bits per heavy atom. The monoisotopic (exact) mass is 161 g/mol. The molecule has 1 rings (SSSR count). The van der Waals surface area contributed by atoms with Gasteiger partial charge in [-0.3, -0.25) is 4.79 Å². The maximum absolute atomic E-state index is 11.2. The van der Waals surface area contributed by atoms with E-state index < -0.39 is 0 Å². The molecule has 3 heteroatoms. The van der Waals surface area contributed by atoms with Crippen molar-refractivity contribution in [2.24, 2.45) is 5.92 Å². The van der Waals surface area contributed by atoms with Gasteiger partial charge in [0.1, 0.15) is 0 Å². The van der Waals surface area contributed by atoms with Crippen LogP contribution in [0.5, 0.6) is 0 Å². The number of carbonyl (C=O) groups excluding carboxylic acids is 1. The molecule has 0 bridgehead atoms. The molecule has 0 radical (unpaired) electrons. The molecule has 1 saturated heterocycles. The molecular weight excluding hydrogens is 150 g/mol. The molecule has 1 heterocycles. The summed E-state index contributed by atoms with van der Waals surface area (Å²) in [5.74, 6) is 0.651. The lowest BCUT2D eigenvalue weighted by molar-refractivity contribution is -0.137. The van der Waals surface area contributed by atoms with E-state index in [-0.39, 0.29) is 11.8 Å². The maximum Gasteiger partial charge on any atom is 0.226 e. The third kappa shape index (κ3) is 1.43. The van der Waals surface area contributed by atoms with Gasteiger partial charge in [-0.25, -0.2) is 0 Å². The van der Waals surface area contributed by atoms with Gasteiger partial charge in [0.2, 0.25) is 5.91 Å². The predicted molar refractivity (Wildman–Crippen MR) is 41.1 cm³/mol. The van der Waals surface area contributed by atoms with Gasteiger partial charge < -0.3 is 4.90 Å². The molecule has 0 aliphatic carbocycles. The van der Waals surface area contributed by atoms with Gasteiger partial charge in [0, 0.05) is 24.9 Å². The molecule has 1 fully saturated rings. The second kappa shape index (κ2) is 3.24. The van der Waals surface area contributed by atoms with E-state index in [1.807, 2.05) is 11.8 Å². The zero-order valence-corrected chi connectivity index (χ0v) is 6.90. The standard InChI is InChI=1S/C7H12ClNO/c1-6(5-8)7(10)9-3-2-4-9/h6H,2-5H2,1H3. The molecule has 1 atom stereocenters. The Labute approximate surface area is 66.1 Å². The van der Waals surface area contributed by atoms with Crippen molar-refractivity contribution in [3.63, 3.8) is 0 Å². The largest absolute Gasteiger partial charge is 0.342 e. The molecule has 0 aromatic carbocycles. The lowest BCUT2D eigenvalue weighted by Crippen LogP contribution is -2.45. The van der Waals surface area contributed by atoms with Gasteiger partial charge in [-0.1, -0.05) is 6.92 Å². The number of rotatable bonds is 2. The average molecular weight is 162 g/mol. The van der Waals surface area contributed by atoms with Gasteiger partial charge in [0.15, 0.2) is 0 Å². The molecule has 0 aromatic heterocycles.